The van der Waals surface area contributed by atoms with Gasteiger partial charge in [-0.25, -0.2) is 35.1 Å². The molecule has 6 aromatic carbocycles. The van der Waals surface area contributed by atoms with Crippen LogP contribution in [0.1, 0.15) is 58.4 Å². The van der Waals surface area contributed by atoms with Crippen molar-refractivity contribution in [1.29, 1.82) is 0 Å². The van der Waals surface area contributed by atoms with Crippen molar-refractivity contribution < 1.29 is 40.4 Å². The molecule has 0 bridgehead atoms. The fourth-order valence-electron chi connectivity index (χ4n) is 7.64. The highest BCUT2D eigenvalue weighted by molar-refractivity contribution is 7.20. The van der Waals surface area contributed by atoms with E-state index in [0.29, 0.717) is 24.3 Å². The Kier molecular flexibility index (Phi) is 13.3. The summed E-state index contributed by atoms with van der Waals surface area (Å²) in [6.45, 7) is 11.7. The smallest absolute Gasteiger partial charge is 0.128 e. The van der Waals surface area contributed by atoms with Gasteiger partial charge in [0, 0.05) is 35.4 Å². The summed E-state index contributed by atoms with van der Waals surface area (Å²) in [6.07, 6.45) is -1.38. The molecule has 10 heteroatoms. The highest BCUT2D eigenvalue weighted by atomic mass is 19.2. The van der Waals surface area contributed by atoms with Crippen molar-refractivity contribution in [3.8, 4) is 0 Å². The number of nitrogens with two attached hydrogens (primary N) is 1. The molecule has 2 N–H and O–H groups in total. The maximum absolute atomic E-state index is 15.7. The van der Waals surface area contributed by atoms with E-state index in [1.807, 2.05) is 0 Å². The third kappa shape index (κ3) is 8.45. The van der Waals surface area contributed by atoms with Crippen LogP contribution in [0.2, 0.25) is 0 Å². The average molecular weight is 774 g/mol. The van der Waals surface area contributed by atoms with Gasteiger partial charge in [-0.05, 0) is 73.9 Å². The quantitative estimate of drug-likeness (QED) is 0.106. The van der Waals surface area contributed by atoms with E-state index in [-0.39, 0.29) is 22.3 Å². The topological polar surface area (TPSA) is 16.6 Å². The van der Waals surface area contributed by atoms with Gasteiger partial charge in [-0.1, -0.05) is 86.6 Å². The standard InChI is InChI=1S/C28H20BF8.C18H23N/c1-13-5-17(25(34)9-21(13)30)29(18-6-14(2)22(31)10-26(18)35,19-7-15(3)23(32)11-27(19)36)20-8-16(4)24(33)12-28(20)37;1-3-15-9-5-7-11-17(15)13-19-14-18-12-8-6-10-16(18)4-2/h5-12H,1-4H3;5-12,19H,3-4,13-14H2,1-2H3/q-1;/p+1. The Morgan fingerprint density at radius 2 is 0.625 bits per heavy atom. The largest absolute Gasteiger partial charge is 0.339 e. The molecule has 0 amide bonds. The zero-order chi connectivity index (χ0) is 40.9. The van der Waals surface area contributed by atoms with Gasteiger partial charge in [0.2, 0.25) is 0 Å². The van der Waals surface area contributed by atoms with Crippen molar-refractivity contribution in [1.82, 2.24) is 0 Å². The molecule has 0 heterocycles. The van der Waals surface area contributed by atoms with Crippen LogP contribution < -0.4 is 27.2 Å². The van der Waals surface area contributed by atoms with E-state index in [0.717, 1.165) is 50.2 Å². The molecular weight excluding hydrogens is 729 g/mol. The summed E-state index contributed by atoms with van der Waals surface area (Å²) in [4.78, 5) is 0. The van der Waals surface area contributed by atoms with Gasteiger partial charge in [0.05, 0.1) is 23.3 Å². The molecule has 1 nitrogen and oxygen atoms in total. The predicted octanol–water partition coefficient (Wildman–Crippen LogP) is 8.49. The van der Waals surface area contributed by atoms with Crippen LogP contribution in [0.3, 0.4) is 0 Å². The van der Waals surface area contributed by atoms with Crippen LogP contribution >= 0.6 is 0 Å². The lowest BCUT2D eigenvalue weighted by Crippen LogP contribution is -2.81. The highest BCUT2D eigenvalue weighted by Crippen LogP contribution is 2.22. The maximum atomic E-state index is 15.7. The van der Waals surface area contributed by atoms with Crippen molar-refractivity contribution in [3.05, 3.63) is 188 Å². The Bertz CT molecular complexity index is 2090. The van der Waals surface area contributed by atoms with Gasteiger partial charge >= 0.3 is 0 Å². The maximum Gasteiger partial charge on any atom is 0.128 e. The van der Waals surface area contributed by atoms with E-state index >= 15 is 17.6 Å². The summed E-state index contributed by atoms with van der Waals surface area (Å²) in [5.41, 5.74) is 3.17. The molecule has 292 valence electrons. The summed E-state index contributed by atoms with van der Waals surface area (Å²) in [5, 5.41) is 2.41. The molecule has 6 rings (SSSR count). The summed E-state index contributed by atoms with van der Waals surface area (Å²) in [7, 11) is 0. The summed E-state index contributed by atoms with van der Waals surface area (Å²) < 4.78 is 120. The number of rotatable bonds is 10. The SMILES string of the molecule is CCc1ccccc1C[NH2+]Cc1ccccc1CC.Cc1cc([B-](c2cc(C)c(F)cc2F)(c2cc(C)c(F)cc2F)c2cc(C)c(F)cc2F)c(F)cc1F. The Labute approximate surface area is 323 Å². The molecule has 0 radical (unpaired) electrons. The Morgan fingerprint density at radius 3 is 0.875 bits per heavy atom. The molecule has 0 spiro atoms. The molecule has 0 aliphatic rings. The van der Waals surface area contributed by atoms with E-state index in [4.69, 9.17) is 0 Å². The second-order valence-corrected chi connectivity index (χ2v) is 14.3. The monoisotopic (exact) mass is 773 g/mol. The van der Waals surface area contributed by atoms with Gasteiger partial charge < -0.3 is 5.32 Å². The average Bonchev–Trinajstić information content (AvgIpc) is 3.17. The lowest BCUT2D eigenvalue weighted by Gasteiger charge is -2.45. The number of hydrogen-bond acceptors (Lipinski definition) is 0. The first-order valence-corrected chi connectivity index (χ1v) is 18.6. The van der Waals surface area contributed by atoms with Crippen LogP contribution in [0.25, 0.3) is 0 Å². The molecule has 6 aromatic rings. The summed E-state index contributed by atoms with van der Waals surface area (Å²) in [6, 6.07) is 23.4. The summed E-state index contributed by atoms with van der Waals surface area (Å²) in [5.74, 6) is -9.05. The number of quaternary nitrogens is 1. The minimum absolute atomic E-state index is 0.139. The Morgan fingerprint density at radius 1 is 0.375 bits per heavy atom. The fourth-order valence-corrected chi connectivity index (χ4v) is 7.64. The number of aryl methyl sites for hydroxylation is 6. The van der Waals surface area contributed by atoms with E-state index in [2.05, 4.69) is 67.7 Å². The first kappa shape index (κ1) is 41.9. The van der Waals surface area contributed by atoms with E-state index < -0.39 is 74.5 Å². The second-order valence-electron chi connectivity index (χ2n) is 14.3. The Hall–Kier alpha value is -5.22. The van der Waals surface area contributed by atoms with Gasteiger partial charge in [0.15, 0.2) is 0 Å². The molecule has 0 aliphatic heterocycles. The van der Waals surface area contributed by atoms with E-state index in [1.54, 1.807) is 0 Å². The van der Waals surface area contributed by atoms with Crippen LogP contribution in [-0.2, 0) is 25.9 Å². The molecule has 0 saturated heterocycles. The molecule has 0 fully saturated rings. The van der Waals surface area contributed by atoms with Crippen LogP contribution in [0.15, 0.2) is 97.1 Å². The predicted molar refractivity (Wildman–Crippen MR) is 210 cm³/mol. The van der Waals surface area contributed by atoms with Crippen LogP contribution in [-0.4, -0.2) is 6.15 Å². The molecule has 0 unspecified atom stereocenters. The normalized spacial score (nSPS) is 11.4. The lowest BCUT2D eigenvalue weighted by molar-refractivity contribution is -0.686. The van der Waals surface area contributed by atoms with Crippen molar-refractivity contribution in [2.45, 2.75) is 67.5 Å². The number of halogens is 8. The zero-order valence-electron chi connectivity index (χ0n) is 32.2. The lowest BCUT2D eigenvalue weighted by atomic mass is 9.12. The van der Waals surface area contributed by atoms with Crippen LogP contribution in [0.5, 0.6) is 0 Å². The number of benzene rings is 6. The van der Waals surface area contributed by atoms with Crippen molar-refractivity contribution in [3.63, 3.8) is 0 Å². The molecular formula is C46H44BF8N. The van der Waals surface area contributed by atoms with E-state index in [9.17, 15) is 17.6 Å². The molecule has 0 saturated carbocycles. The Balaban J connectivity index is 0.000000265. The van der Waals surface area contributed by atoms with Gasteiger partial charge in [-0.15, -0.1) is 0 Å². The van der Waals surface area contributed by atoms with Crippen molar-refractivity contribution >= 4 is 28.0 Å². The fraction of sp³-hybridized carbons (Fsp3) is 0.217. The van der Waals surface area contributed by atoms with Gasteiger partial charge in [0.25, 0.3) is 0 Å². The number of hydrogen-bond donors (Lipinski definition) is 1. The molecule has 0 atom stereocenters. The molecule has 56 heavy (non-hydrogen) atoms. The first-order chi connectivity index (χ1) is 26.6. The van der Waals surface area contributed by atoms with Gasteiger partial charge in [-0.2, -0.15) is 21.9 Å². The third-order valence-electron chi connectivity index (χ3n) is 10.7. The second kappa shape index (κ2) is 17.7. The van der Waals surface area contributed by atoms with Gasteiger partial charge in [0.1, 0.15) is 42.5 Å². The van der Waals surface area contributed by atoms with E-state index in [1.165, 1.54) is 49.9 Å². The highest BCUT2D eigenvalue weighted by Gasteiger charge is 2.41. The van der Waals surface area contributed by atoms with Crippen molar-refractivity contribution in [2.75, 3.05) is 0 Å². The minimum atomic E-state index is -3.62. The third-order valence-corrected chi connectivity index (χ3v) is 10.7. The molecule has 0 aliphatic carbocycles. The minimum Gasteiger partial charge on any atom is -0.339 e. The van der Waals surface area contributed by atoms with Crippen molar-refractivity contribution in [2.24, 2.45) is 0 Å². The van der Waals surface area contributed by atoms with Crippen LogP contribution in [0, 0.1) is 74.2 Å². The summed E-state index contributed by atoms with van der Waals surface area (Å²) >= 11 is 0. The molecule has 0 aromatic heterocycles. The zero-order valence-corrected chi connectivity index (χ0v) is 32.2. The first-order valence-electron chi connectivity index (χ1n) is 18.6. The van der Waals surface area contributed by atoms with Crippen LogP contribution in [0.4, 0.5) is 35.1 Å². The van der Waals surface area contributed by atoms with Gasteiger partial charge in [-0.3, -0.25) is 0 Å².